The Kier molecular flexibility index (Phi) is 6.95. The summed E-state index contributed by atoms with van der Waals surface area (Å²) in [4.78, 5) is 18.9. The van der Waals surface area contributed by atoms with Gasteiger partial charge >= 0.3 is 0 Å². The first-order valence-electron chi connectivity index (χ1n) is 8.07. The smallest absolute Gasteiger partial charge is 0.280 e. The van der Waals surface area contributed by atoms with Crippen LogP contribution >= 0.6 is 11.3 Å². The Balaban J connectivity index is 1.90. The van der Waals surface area contributed by atoms with Crippen molar-refractivity contribution in [3.05, 3.63) is 16.1 Å². The molecular weight excluding hydrogens is 314 g/mol. The van der Waals surface area contributed by atoms with Crippen LogP contribution in [0, 0.1) is 0 Å². The summed E-state index contributed by atoms with van der Waals surface area (Å²) in [6.45, 7) is 6.79. The second-order valence-electron chi connectivity index (χ2n) is 6.39. The lowest BCUT2D eigenvalue weighted by Gasteiger charge is -2.32. The maximum Gasteiger partial charge on any atom is 0.280 e. The lowest BCUT2D eigenvalue weighted by atomic mass is 10.1. The van der Waals surface area contributed by atoms with E-state index in [4.69, 9.17) is 9.47 Å². The van der Waals surface area contributed by atoms with Crippen LogP contribution in [0.25, 0.3) is 0 Å². The fourth-order valence-electron chi connectivity index (χ4n) is 2.31. The van der Waals surface area contributed by atoms with Gasteiger partial charge in [0.1, 0.15) is 6.10 Å². The molecule has 6 nitrogen and oxygen atoms in total. The lowest BCUT2D eigenvalue weighted by Crippen LogP contribution is -2.50. The van der Waals surface area contributed by atoms with Crippen molar-refractivity contribution < 1.29 is 14.3 Å². The minimum atomic E-state index is -0.116. The molecule has 1 aromatic heterocycles. The first-order chi connectivity index (χ1) is 11.0. The fourth-order valence-corrected chi connectivity index (χ4v) is 3.19. The molecule has 1 saturated heterocycles. The van der Waals surface area contributed by atoms with Gasteiger partial charge in [-0.15, -0.1) is 11.3 Å². The SMILES string of the molecule is CC(C)c1csc(C(=O)N[C@@H]2CCOC[C@H]2OCCN(C)C)n1. The second-order valence-corrected chi connectivity index (χ2v) is 7.25. The van der Waals surface area contributed by atoms with E-state index in [1.54, 1.807) is 0 Å². The van der Waals surface area contributed by atoms with Crippen LogP contribution in [-0.4, -0.2) is 68.4 Å². The molecule has 0 spiro atoms. The molecule has 1 N–H and O–H groups in total. The Bertz CT molecular complexity index is 505. The number of hydrogen-bond acceptors (Lipinski definition) is 6. The molecule has 23 heavy (non-hydrogen) atoms. The average Bonchev–Trinajstić information content (AvgIpc) is 2.99. The summed E-state index contributed by atoms with van der Waals surface area (Å²) < 4.78 is 11.4. The zero-order valence-electron chi connectivity index (χ0n) is 14.4. The highest BCUT2D eigenvalue weighted by atomic mass is 32.1. The molecule has 2 heterocycles. The molecule has 0 saturated carbocycles. The molecule has 1 aliphatic heterocycles. The minimum Gasteiger partial charge on any atom is -0.379 e. The Morgan fingerprint density at radius 3 is 3.00 bits per heavy atom. The van der Waals surface area contributed by atoms with Gasteiger partial charge in [-0.05, 0) is 26.4 Å². The van der Waals surface area contributed by atoms with E-state index in [0.29, 0.717) is 30.7 Å². The molecule has 1 aliphatic rings. The van der Waals surface area contributed by atoms with Crippen molar-refractivity contribution in [2.75, 3.05) is 40.5 Å². The van der Waals surface area contributed by atoms with Crippen LogP contribution in [0.15, 0.2) is 5.38 Å². The largest absolute Gasteiger partial charge is 0.379 e. The zero-order valence-corrected chi connectivity index (χ0v) is 15.2. The van der Waals surface area contributed by atoms with Crippen LogP contribution in [-0.2, 0) is 9.47 Å². The number of hydrogen-bond donors (Lipinski definition) is 1. The number of aromatic nitrogens is 1. The number of rotatable bonds is 7. The van der Waals surface area contributed by atoms with E-state index in [1.165, 1.54) is 11.3 Å². The summed E-state index contributed by atoms with van der Waals surface area (Å²) in [5, 5.41) is 5.54. The molecule has 130 valence electrons. The topological polar surface area (TPSA) is 63.7 Å². The first kappa shape index (κ1) is 18.3. The normalized spacial score (nSPS) is 21.8. The Hall–Kier alpha value is -1.02. The van der Waals surface area contributed by atoms with Gasteiger partial charge in [-0.1, -0.05) is 13.8 Å². The Morgan fingerprint density at radius 1 is 1.57 bits per heavy atom. The number of nitrogens with one attached hydrogen (secondary N) is 1. The predicted molar refractivity (Wildman–Crippen MR) is 91.2 cm³/mol. The third-order valence-corrected chi connectivity index (χ3v) is 4.66. The van der Waals surface area contributed by atoms with Crippen LogP contribution in [0.5, 0.6) is 0 Å². The standard InChI is InChI=1S/C16H27N3O3S/c1-11(2)13-10-23-16(18-13)15(20)17-12-5-7-21-9-14(12)22-8-6-19(3)4/h10-12,14H,5-9H2,1-4H3,(H,17,20)/t12-,14-/m1/s1. The van der Waals surface area contributed by atoms with Gasteiger partial charge in [-0.3, -0.25) is 4.79 Å². The first-order valence-corrected chi connectivity index (χ1v) is 8.95. The fraction of sp³-hybridized carbons (Fsp3) is 0.750. The molecule has 7 heteroatoms. The number of carbonyl (C=O) groups excluding carboxylic acids is 1. The van der Waals surface area contributed by atoms with Gasteiger partial charge in [0, 0.05) is 18.5 Å². The van der Waals surface area contributed by atoms with Gasteiger partial charge in [0.2, 0.25) is 0 Å². The van der Waals surface area contributed by atoms with Crippen molar-refractivity contribution in [2.45, 2.75) is 38.3 Å². The van der Waals surface area contributed by atoms with Gasteiger partial charge in [-0.2, -0.15) is 0 Å². The minimum absolute atomic E-state index is 0.0233. The average molecular weight is 341 g/mol. The summed E-state index contributed by atoms with van der Waals surface area (Å²) in [5.74, 6) is 0.216. The molecule has 1 amide bonds. The van der Waals surface area contributed by atoms with Crippen LogP contribution in [0.3, 0.4) is 0 Å². The molecule has 0 unspecified atom stereocenters. The second kappa shape index (κ2) is 8.73. The van der Waals surface area contributed by atoms with E-state index in [0.717, 1.165) is 18.7 Å². The third-order valence-electron chi connectivity index (χ3n) is 3.80. The number of ether oxygens (including phenoxy) is 2. The van der Waals surface area contributed by atoms with Crippen LogP contribution in [0.2, 0.25) is 0 Å². The van der Waals surface area contributed by atoms with Crippen molar-refractivity contribution in [3.63, 3.8) is 0 Å². The molecule has 1 fully saturated rings. The Labute approximate surface area is 142 Å². The number of carbonyl (C=O) groups is 1. The Morgan fingerprint density at radius 2 is 2.35 bits per heavy atom. The summed E-state index contributed by atoms with van der Waals surface area (Å²) in [5.41, 5.74) is 0.964. The molecule has 0 aliphatic carbocycles. The number of amides is 1. The number of nitrogens with zero attached hydrogens (tertiary/aromatic N) is 2. The van der Waals surface area contributed by atoms with Gasteiger partial charge in [-0.25, -0.2) is 4.98 Å². The van der Waals surface area contributed by atoms with Crippen molar-refractivity contribution in [1.29, 1.82) is 0 Å². The summed E-state index contributed by atoms with van der Waals surface area (Å²) in [6.07, 6.45) is 0.665. The molecule has 0 bridgehead atoms. The summed E-state index contributed by atoms with van der Waals surface area (Å²) in [6, 6.07) is -0.0233. The molecule has 0 aromatic carbocycles. The van der Waals surface area contributed by atoms with E-state index in [2.05, 4.69) is 29.0 Å². The molecule has 2 rings (SSSR count). The van der Waals surface area contributed by atoms with Crippen molar-refractivity contribution in [1.82, 2.24) is 15.2 Å². The maximum absolute atomic E-state index is 12.4. The zero-order chi connectivity index (χ0) is 16.8. The highest BCUT2D eigenvalue weighted by Crippen LogP contribution is 2.19. The van der Waals surface area contributed by atoms with Crippen LogP contribution in [0.1, 0.15) is 41.7 Å². The van der Waals surface area contributed by atoms with Gasteiger partial charge in [0.25, 0.3) is 5.91 Å². The lowest BCUT2D eigenvalue weighted by molar-refractivity contribution is -0.0690. The third kappa shape index (κ3) is 5.53. The highest BCUT2D eigenvalue weighted by molar-refractivity contribution is 7.11. The molecular formula is C16H27N3O3S. The quantitative estimate of drug-likeness (QED) is 0.818. The molecule has 2 atom stereocenters. The van der Waals surface area contributed by atoms with E-state index in [9.17, 15) is 4.79 Å². The van der Waals surface area contributed by atoms with Crippen molar-refractivity contribution in [3.8, 4) is 0 Å². The van der Waals surface area contributed by atoms with Crippen molar-refractivity contribution >= 4 is 17.2 Å². The number of thiazole rings is 1. The predicted octanol–water partition coefficient (Wildman–Crippen LogP) is 1.73. The maximum atomic E-state index is 12.4. The van der Waals surface area contributed by atoms with E-state index >= 15 is 0 Å². The van der Waals surface area contributed by atoms with Gasteiger partial charge < -0.3 is 19.7 Å². The van der Waals surface area contributed by atoms with E-state index < -0.39 is 0 Å². The van der Waals surface area contributed by atoms with Gasteiger partial charge in [0.05, 0.1) is 24.9 Å². The van der Waals surface area contributed by atoms with E-state index in [1.807, 2.05) is 19.5 Å². The molecule has 0 radical (unpaired) electrons. The number of likely N-dealkylation sites (N-methyl/N-ethyl adjacent to an activating group) is 1. The highest BCUT2D eigenvalue weighted by Gasteiger charge is 2.29. The van der Waals surface area contributed by atoms with Gasteiger partial charge in [0.15, 0.2) is 5.01 Å². The molecule has 1 aromatic rings. The van der Waals surface area contributed by atoms with Crippen molar-refractivity contribution in [2.24, 2.45) is 0 Å². The van der Waals surface area contributed by atoms with Crippen LogP contribution < -0.4 is 5.32 Å². The summed E-state index contributed by atoms with van der Waals surface area (Å²) >= 11 is 1.40. The summed E-state index contributed by atoms with van der Waals surface area (Å²) in [7, 11) is 4.02. The van der Waals surface area contributed by atoms with E-state index in [-0.39, 0.29) is 18.1 Å². The van der Waals surface area contributed by atoms with Crippen LogP contribution in [0.4, 0.5) is 0 Å². The monoisotopic (exact) mass is 341 g/mol.